The monoisotopic (exact) mass is 286 g/mol. The number of rotatable bonds is 10. The standard InChI is InChI=1S/C15H30N2O3/c1-11(2)6-7-13(5)16-14(18)9-17(8-12(3)4)10-15(19)20/h11-13H,6-10H2,1-5H3,(H,16,18)(H,19,20). The maximum Gasteiger partial charge on any atom is 0.317 e. The Morgan fingerprint density at radius 3 is 2.05 bits per heavy atom. The van der Waals surface area contributed by atoms with Crippen LogP contribution < -0.4 is 5.32 Å². The third kappa shape index (κ3) is 10.8. The predicted molar refractivity (Wildman–Crippen MR) is 80.6 cm³/mol. The highest BCUT2D eigenvalue weighted by molar-refractivity contribution is 5.79. The third-order valence-corrected chi connectivity index (χ3v) is 2.93. The van der Waals surface area contributed by atoms with Crippen LogP contribution in [0.1, 0.15) is 47.5 Å². The molecule has 5 heteroatoms. The molecule has 0 aromatic heterocycles. The van der Waals surface area contributed by atoms with Gasteiger partial charge in [0.25, 0.3) is 0 Å². The quantitative estimate of drug-likeness (QED) is 0.644. The lowest BCUT2D eigenvalue weighted by Gasteiger charge is -2.23. The van der Waals surface area contributed by atoms with E-state index in [0.29, 0.717) is 18.4 Å². The van der Waals surface area contributed by atoms with Gasteiger partial charge in [0.15, 0.2) is 0 Å². The van der Waals surface area contributed by atoms with Gasteiger partial charge in [-0.25, -0.2) is 0 Å². The van der Waals surface area contributed by atoms with Crippen LogP contribution >= 0.6 is 0 Å². The van der Waals surface area contributed by atoms with Crippen molar-refractivity contribution in [3.8, 4) is 0 Å². The summed E-state index contributed by atoms with van der Waals surface area (Å²) in [6.45, 7) is 11.0. The highest BCUT2D eigenvalue weighted by atomic mass is 16.4. The van der Waals surface area contributed by atoms with Crippen molar-refractivity contribution in [2.24, 2.45) is 11.8 Å². The van der Waals surface area contributed by atoms with Crippen molar-refractivity contribution in [1.82, 2.24) is 10.2 Å². The molecule has 0 aliphatic carbocycles. The maximum absolute atomic E-state index is 11.9. The van der Waals surface area contributed by atoms with E-state index in [0.717, 1.165) is 12.8 Å². The smallest absolute Gasteiger partial charge is 0.317 e. The Morgan fingerprint density at radius 1 is 1.00 bits per heavy atom. The van der Waals surface area contributed by atoms with Crippen LogP contribution in [0.4, 0.5) is 0 Å². The first-order valence-electron chi connectivity index (χ1n) is 7.44. The minimum absolute atomic E-state index is 0.0913. The van der Waals surface area contributed by atoms with Gasteiger partial charge < -0.3 is 10.4 Å². The predicted octanol–water partition coefficient (Wildman–Crippen LogP) is 1.97. The van der Waals surface area contributed by atoms with Gasteiger partial charge in [0.1, 0.15) is 0 Å². The second-order valence-electron chi connectivity index (χ2n) is 6.40. The van der Waals surface area contributed by atoms with Gasteiger partial charge in [0, 0.05) is 12.6 Å². The zero-order valence-corrected chi connectivity index (χ0v) is 13.5. The highest BCUT2D eigenvalue weighted by Crippen LogP contribution is 2.06. The van der Waals surface area contributed by atoms with Gasteiger partial charge in [0.05, 0.1) is 13.1 Å². The number of hydrogen-bond donors (Lipinski definition) is 2. The minimum atomic E-state index is -0.897. The van der Waals surface area contributed by atoms with Gasteiger partial charge in [-0.3, -0.25) is 14.5 Å². The Morgan fingerprint density at radius 2 is 1.60 bits per heavy atom. The molecular formula is C15H30N2O3. The Hall–Kier alpha value is -1.10. The normalized spacial score (nSPS) is 13.0. The summed E-state index contributed by atoms with van der Waals surface area (Å²) >= 11 is 0. The molecule has 0 aromatic carbocycles. The molecule has 0 rings (SSSR count). The fourth-order valence-electron chi connectivity index (χ4n) is 2.07. The topological polar surface area (TPSA) is 69.6 Å². The number of carboxylic acid groups (broad SMARTS) is 1. The SMILES string of the molecule is CC(C)CCC(C)NC(=O)CN(CC(=O)O)CC(C)C. The van der Waals surface area contributed by atoms with Gasteiger partial charge in [0.2, 0.25) is 5.91 Å². The van der Waals surface area contributed by atoms with Crippen molar-refractivity contribution in [2.45, 2.75) is 53.5 Å². The van der Waals surface area contributed by atoms with Crippen molar-refractivity contribution < 1.29 is 14.7 Å². The molecule has 2 N–H and O–H groups in total. The van der Waals surface area contributed by atoms with Crippen LogP contribution in [-0.2, 0) is 9.59 Å². The summed E-state index contributed by atoms with van der Waals surface area (Å²) in [4.78, 5) is 24.4. The molecule has 0 saturated heterocycles. The van der Waals surface area contributed by atoms with Crippen LogP contribution in [0.3, 0.4) is 0 Å². The molecule has 0 heterocycles. The molecule has 0 aromatic rings. The van der Waals surface area contributed by atoms with Crippen molar-refractivity contribution in [1.29, 1.82) is 0 Å². The molecule has 118 valence electrons. The summed E-state index contributed by atoms with van der Waals surface area (Å²) < 4.78 is 0. The fourth-order valence-corrected chi connectivity index (χ4v) is 2.07. The fraction of sp³-hybridized carbons (Fsp3) is 0.867. The average molecular weight is 286 g/mol. The molecule has 5 nitrogen and oxygen atoms in total. The highest BCUT2D eigenvalue weighted by Gasteiger charge is 2.16. The largest absolute Gasteiger partial charge is 0.480 e. The lowest BCUT2D eigenvalue weighted by atomic mass is 10.0. The zero-order chi connectivity index (χ0) is 15.7. The zero-order valence-electron chi connectivity index (χ0n) is 13.5. The Bertz CT molecular complexity index is 303. The van der Waals surface area contributed by atoms with E-state index in [4.69, 9.17) is 5.11 Å². The van der Waals surface area contributed by atoms with Gasteiger partial charge in [-0.05, 0) is 31.6 Å². The number of carboxylic acids is 1. The van der Waals surface area contributed by atoms with E-state index in [1.54, 1.807) is 4.90 Å². The molecule has 20 heavy (non-hydrogen) atoms. The van der Waals surface area contributed by atoms with E-state index in [1.165, 1.54) is 0 Å². The van der Waals surface area contributed by atoms with Crippen LogP contribution in [0, 0.1) is 11.8 Å². The molecule has 0 aliphatic heterocycles. The second kappa shape index (κ2) is 9.75. The van der Waals surface area contributed by atoms with Crippen molar-refractivity contribution in [3.63, 3.8) is 0 Å². The van der Waals surface area contributed by atoms with E-state index in [1.807, 2.05) is 20.8 Å². The molecule has 0 radical (unpaired) electrons. The maximum atomic E-state index is 11.9. The molecular weight excluding hydrogens is 256 g/mol. The number of nitrogens with zero attached hydrogens (tertiary/aromatic N) is 1. The summed E-state index contributed by atoms with van der Waals surface area (Å²) in [6.07, 6.45) is 2.03. The summed E-state index contributed by atoms with van der Waals surface area (Å²) in [5, 5.41) is 11.8. The van der Waals surface area contributed by atoms with E-state index in [9.17, 15) is 9.59 Å². The van der Waals surface area contributed by atoms with Crippen LogP contribution in [0.25, 0.3) is 0 Å². The van der Waals surface area contributed by atoms with Crippen molar-refractivity contribution >= 4 is 11.9 Å². The summed E-state index contributed by atoms with van der Waals surface area (Å²) in [5.74, 6) is -0.0335. The first-order valence-corrected chi connectivity index (χ1v) is 7.44. The number of carbonyl (C=O) groups excluding carboxylic acids is 1. The Kier molecular flexibility index (Phi) is 9.21. The van der Waals surface area contributed by atoms with Crippen molar-refractivity contribution in [3.05, 3.63) is 0 Å². The Balaban J connectivity index is 4.20. The number of aliphatic carboxylic acids is 1. The summed E-state index contributed by atoms with van der Waals surface area (Å²) in [5.41, 5.74) is 0. The van der Waals surface area contributed by atoms with Crippen LogP contribution in [0.2, 0.25) is 0 Å². The molecule has 0 spiro atoms. The van der Waals surface area contributed by atoms with Gasteiger partial charge in [-0.15, -0.1) is 0 Å². The molecule has 1 atom stereocenters. The van der Waals surface area contributed by atoms with E-state index in [-0.39, 0.29) is 25.0 Å². The number of hydrogen-bond acceptors (Lipinski definition) is 3. The summed E-state index contributed by atoms with van der Waals surface area (Å²) in [6, 6.07) is 0.135. The van der Waals surface area contributed by atoms with Crippen LogP contribution in [0.5, 0.6) is 0 Å². The molecule has 0 fully saturated rings. The first-order chi connectivity index (χ1) is 9.20. The van der Waals surface area contributed by atoms with Gasteiger partial charge in [-0.2, -0.15) is 0 Å². The molecule has 1 unspecified atom stereocenters. The molecule has 1 amide bonds. The van der Waals surface area contributed by atoms with Crippen molar-refractivity contribution in [2.75, 3.05) is 19.6 Å². The molecule has 0 aliphatic rings. The first kappa shape index (κ1) is 18.9. The number of nitrogens with one attached hydrogen (secondary N) is 1. The number of amides is 1. The molecule has 0 saturated carbocycles. The average Bonchev–Trinajstić information content (AvgIpc) is 2.23. The van der Waals surface area contributed by atoms with Gasteiger partial charge in [-0.1, -0.05) is 27.7 Å². The van der Waals surface area contributed by atoms with Crippen LogP contribution in [-0.4, -0.2) is 47.6 Å². The second-order valence-corrected chi connectivity index (χ2v) is 6.40. The lowest BCUT2D eigenvalue weighted by Crippen LogP contribution is -2.44. The van der Waals surface area contributed by atoms with E-state index < -0.39 is 5.97 Å². The van der Waals surface area contributed by atoms with E-state index in [2.05, 4.69) is 19.2 Å². The number of carbonyl (C=O) groups is 2. The minimum Gasteiger partial charge on any atom is -0.480 e. The van der Waals surface area contributed by atoms with E-state index >= 15 is 0 Å². The summed E-state index contributed by atoms with van der Waals surface area (Å²) in [7, 11) is 0. The van der Waals surface area contributed by atoms with Gasteiger partial charge >= 0.3 is 5.97 Å². The molecule has 0 bridgehead atoms. The Labute approximate surface area is 122 Å². The lowest BCUT2D eigenvalue weighted by molar-refractivity contribution is -0.138. The third-order valence-electron chi connectivity index (χ3n) is 2.93. The van der Waals surface area contributed by atoms with Crippen LogP contribution in [0.15, 0.2) is 0 Å².